The first-order valence-electron chi connectivity index (χ1n) is 9.65. The minimum Gasteiger partial charge on any atom is -0.489 e. The number of nitrogens with zero attached hydrogens (tertiary/aromatic N) is 1. The molecule has 142 valence electrons. The van der Waals surface area contributed by atoms with Gasteiger partial charge in [-0.25, -0.2) is 0 Å². The zero-order chi connectivity index (χ0) is 19.6. The average Bonchev–Trinajstić information content (AvgIpc) is 3.02. The van der Waals surface area contributed by atoms with E-state index in [0.717, 1.165) is 11.8 Å². The summed E-state index contributed by atoms with van der Waals surface area (Å²) in [4.78, 5) is 2.30. The maximum atomic E-state index is 6.05. The number of rotatable bonds is 7. The molecule has 3 rings (SSSR count). The molecule has 1 aliphatic carbocycles. The zero-order valence-corrected chi connectivity index (χ0v) is 18.3. The summed E-state index contributed by atoms with van der Waals surface area (Å²) in [6.07, 6.45) is 4.19. The van der Waals surface area contributed by atoms with E-state index in [0.29, 0.717) is 12.1 Å². The third-order valence-electron chi connectivity index (χ3n) is 5.49. The Morgan fingerprint density at radius 1 is 1.11 bits per heavy atom. The number of allylic oxidation sites excluding steroid dienone is 1. The molecule has 1 aliphatic rings. The van der Waals surface area contributed by atoms with E-state index in [4.69, 9.17) is 4.74 Å². The molecule has 2 nitrogen and oxygen atoms in total. The van der Waals surface area contributed by atoms with E-state index < -0.39 is 8.07 Å². The monoisotopic (exact) mass is 377 g/mol. The fourth-order valence-electron chi connectivity index (χ4n) is 4.31. The molecule has 0 aliphatic heterocycles. The highest BCUT2D eigenvalue weighted by Gasteiger charge is 2.40. The third kappa shape index (κ3) is 3.88. The molecule has 3 heteroatoms. The Morgan fingerprint density at radius 3 is 2.56 bits per heavy atom. The Bertz CT molecular complexity index is 866. The fraction of sp³-hybridized carbons (Fsp3) is 0.333. The van der Waals surface area contributed by atoms with Gasteiger partial charge in [-0.1, -0.05) is 68.2 Å². The quantitative estimate of drug-likeness (QED) is 0.461. The second-order valence-corrected chi connectivity index (χ2v) is 13.3. The van der Waals surface area contributed by atoms with Gasteiger partial charge in [0.25, 0.3) is 0 Å². The summed E-state index contributed by atoms with van der Waals surface area (Å²) >= 11 is 0. The maximum absolute atomic E-state index is 6.05. The van der Waals surface area contributed by atoms with Crippen molar-refractivity contribution in [3.63, 3.8) is 0 Å². The number of benzene rings is 2. The molecule has 27 heavy (non-hydrogen) atoms. The van der Waals surface area contributed by atoms with E-state index in [2.05, 4.69) is 94.1 Å². The standard InChI is InChI=1S/C24H31NOSi/c1-7-15-26-23-18(2)11-10-13-20(23)17-27(5,6)24-21-14-9-8-12-19(21)16-22(24)25(3)4/h7-14,16,24H,1,15,17H2,2-6H3. The second-order valence-electron chi connectivity index (χ2n) is 8.35. The summed E-state index contributed by atoms with van der Waals surface area (Å²) in [5, 5.41) is 0. The van der Waals surface area contributed by atoms with Gasteiger partial charge >= 0.3 is 0 Å². The lowest BCUT2D eigenvalue weighted by Gasteiger charge is -2.36. The normalized spacial score (nSPS) is 15.9. The van der Waals surface area contributed by atoms with Crippen molar-refractivity contribution in [2.45, 2.75) is 31.6 Å². The fourth-order valence-corrected chi connectivity index (χ4v) is 8.02. The number of fused-ring (bicyclic) bond motifs is 1. The molecule has 0 spiro atoms. The van der Waals surface area contributed by atoms with Gasteiger partial charge in [0.05, 0.1) is 8.07 Å². The van der Waals surface area contributed by atoms with E-state index in [-0.39, 0.29) is 0 Å². The van der Waals surface area contributed by atoms with Crippen molar-refractivity contribution < 1.29 is 4.74 Å². The topological polar surface area (TPSA) is 12.5 Å². The minimum atomic E-state index is -1.70. The number of hydrogen-bond acceptors (Lipinski definition) is 2. The molecule has 0 heterocycles. The highest BCUT2D eigenvalue weighted by atomic mass is 28.3. The van der Waals surface area contributed by atoms with Crippen LogP contribution in [0.2, 0.25) is 13.1 Å². The number of para-hydroxylation sites is 1. The highest BCUT2D eigenvalue weighted by molar-refractivity contribution is 6.79. The van der Waals surface area contributed by atoms with Crippen LogP contribution in [0.4, 0.5) is 0 Å². The SMILES string of the molecule is C=CCOc1c(C)cccc1C[Si](C)(C)C1C(N(C)C)=Cc2ccccc21. The lowest BCUT2D eigenvalue weighted by Crippen LogP contribution is -2.40. The predicted octanol–water partition coefficient (Wildman–Crippen LogP) is 5.59. The van der Waals surface area contributed by atoms with E-state index in [9.17, 15) is 0 Å². The third-order valence-corrected chi connectivity index (χ3v) is 8.95. The number of hydrogen-bond donors (Lipinski definition) is 0. The van der Waals surface area contributed by atoms with Crippen LogP contribution < -0.4 is 4.74 Å². The molecule has 0 radical (unpaired) electrons. The summed E-state index contributed by atoms with van der Waals surface area (Å²) in [6.45, 7) is 11.5. The molecule has 0 aromatic heterocycles. The van der Waals surface area contributed by atoms with Crippen molar-refractivity contribution in [2.24, 2.45) is 0 Å². The zero-order valence-electron chi connectivity index (χ0n) is 17.3. The summed E-state index contributed by atoms with van der Waals surface area (Å²) in [6, 6.07) is 16.5. The highest BCUT2D eigenvalue weighted by Crippen LogP contribution is 2.44. The Balaban J connectivity index is 1.99. The van der Waals surface area contributed by atoms with Crippen LogP contribution in [0.3, 0.4) is 0 Å². The van der Waals surface area contributed by atoms with Gasteiger partial charge < -0.3 is 9.64 Å². The molecule has 2 aromatic carbocycles. The van der Waals surface area contributed by atoms with E-state index in [1.807, 2.05) is 6.08 Å². The van der Waals surface area contributed by atoms with Gasteiger partial charge in [0.1, 0.15) is 12.4 Å². The van der Waals surface area contributed by atoms with Crippen LogP contribution in [0.25, 0.3) is 6.08 Å². The van der Waals surface area contributed by atoms with Crippen LogP contribution in [-0.4, -0.2) is 33.7 Å². The van der Waals surface area contributed by atoms with Gasteiger partial charge in [-0.15, -0.1) is 0 Å². The number of likely N-dealkylation sites (N-methyl/N-ethyl adjacent to an activating group) is 1. The predicted molar refractivity (Wildman–Crippen MR) is 119 cm³/mol. The van der Waals surface area contributed by atoms with E-state index >= 15 is 0 Å². The summed E-state index contributed by atoms with van der Waals surface area (Å²) in [7, 11) is 2.64. The molecule has 0 saturated heterocycles. The second kappa shape index (κ2) is 7.77. The molecule has 2 aromatic rings. The van der Waals surface area contributed by atoms with Crippen LogP contribution in [0.1, 0.15) is 27.8 Å². The first-order valence-corrected chi connectivity index (χ1v) is 12.9. The summed E-state index contributed by atoms with van der Waals surface area (Å²) < 4.78 is 6.05. The summed E-state index contributed by atoms with van der Waals surface area (Å²) in [5.74, 6) is 1.04. The first kappa shape index (κ1) is 19.5. The smallest absolute Gasteiger partial charge is 0.125 e. The van der Waals surface area contributed by atoms with Crippen molar-refractivity contribution >= 4 is 14.1 Å². The molecule has 1 unspecified atom stereocenters. The average molecular weight is 378 g/mol. The van der Waals surface area contributed by atoms with Crippen molar-refractivity contribution in [2.75, 3.05) is 20.7 Å². The molecular formula is C24H31NOSi. The number of ether oxygens (including phenoxy) is 1. The van der Waals surface area contributed by atoms with Gasteiger partial charge in [-0.2, -0.15) is 0 Å². The Labute approximate surface area is 165 Å². The van der Waals surface area contributed by atoms with Gasteiger partial charge in [-0.05, 0) is 41.3 Å². The van der Waals surface area contributed by atoms with Crippen LogP contribution in [0.15, 0.2) is 60.8 Å². The molecule has 0 fully saturated rings. The lowest BCUT2D eigenvalue weighted by molar-refractivity contribution is 0.357. The van der Waals surface area contributed by atoms with Gasteiger partial charge in [0.15, 0.2) is 0 Å². The largest absolute Gasteiger partial charge is 0.489 e. The summed E-state index contributed by atoms with van der Waals surface area (Å²) in [5.41, 5.74) is 7.33. The van der Waals surface area contributed by atoms with Gasteiger partial charge in [-0.3, -0.25) is 0 Å². The Kier molecular flexibility index (Phi) is 5.61. The van der Waals surface area contributed by atoms with Crippen LogP contribution >= 0.6 is 0 Å². The minimum absolute atomic E-state index is 0.497. The first-order chi connectivity index (χ1) is 12.8. The van der Waals surface area contributed by atoms with Crippen LogP contribution in [0.5, 0.6) is 5.75 Å². The Hall–Kier alpha value is -2.26. The molecular weight excluding hydrogens is 346 g/mol. The van der Waals surface area contributed by atoms with E-state index in [1.54, 1.807) is 0 Å². The Morgan fingerprint density at radius 2 is 1.85 bits per heavy atom. The molecule has 0 saturated carbocycles. The van der Waals surface area contributed by atoms with Gasteiger partial charge in [0, 0.05) is 25.3 Å². The molecule has 0 bridgehead atoms. The maximum Gasteiger partial charge on any atom is 0.125 e. The van der Waals surface area contributed by atoms with Crippen molar-refractivity contribution in [1.82, 2.24) is 4.90 Å². The van der Waals surface area contributed by atoms with Crippen molar-refractivity contribution in [1.29, 1.82) is 0 Å². The van der Waals surface area contributed by atoms with Gasteiger partial charge in [0.2, 0.25) is 0 Å². The lowest BCUT2D eigenvalue weighted by atomic mass is 10.1. The van der Waals surface area contributed by atoms with Crippen molar-refractivity contribution in [3.05, 3.63) is 83.1 Å². The number of aryl methyl sites for hydroxylation is 1. The van der Waals surface area contributed by atoms with E-state index in [1.165, 1.54) is 28.0 Å². The van der Waals surface area contributed by atoms with Crippen LogP contribution in [-0.2, 0) is 6.04 Å². The van der Waals surface area contributed by atoms with Crippen LogP contribution in [0, 0.1) is 6.92 Å². The molecule has 1 atom stereocenters. The molecule has 0 N–H and O–H groups in total. The van der Waals surface area contributed by atoms with Crippen molar-refractivity contribution in [3.8, 4) is 5.75 Å². The molecule has 0 amide bonds.